The molecule has 0 aromatic carbocycles. The second-order valence-corrected chi connectivity index (χ2v) is 6.79. The lowest BCUT2D eigenvalue weighted by Crippen LogP contribution is -2.48. The van der Waals surface area contributed by atoms with Crippen LogP contribution in [-0.2, 0) is 11.3 Å². The van der Waals surface area contributed by atoms with Gasteiger partial charge in [-0.2, -0.15) is 0 Å². The number of morpholine rings is 1. The first-order valence-electron chi connectivity index (χ1n) is 9.35. The van der Waals surface area contributed by atoms with Crippen molar-refractivity contribution in [3.63, 3.8) is 0 Å². The van der Waals surface area contributed by atoms with Crippen LogP contribution in [0, 0.1) is 0 Å². The average molecular weight is 368 g/mol. The number of nitrogens with zero attached hydrogens (tertiary/aromatic N) is 6. The van der Waals surface area contributed by atoms with Crippen LogP contribution in [0.4, 0.5) is 5.82 Å². The Hall–Kier alpha value is -2.58. The summed E-state index contributed by atoms with van der Waals surface area (Å²) in [6, 6.07) is 5.84. The van der Waals surface area contributed by atoms with E-state index in [1.807, 2.05) is 17.2 Å². The van der Waals surface area contributed by atoms with Crippen LogP contribution in [0.5, 0.6) is 0 Å². The number of hydrogen-bond acceptors (Lipinski definition) is 7. The van der Waals surface area contributed by atoms with Crippen LogP contribution in [0.2, 0.25) is 0 Å². The van der Waals surface area contributed by atoms with Crippen molar-refractivity contribution < 1.29 is 9.53 Å². The van der Waals surface area contributed by atoms with Gasteiger partial charge in [0, 0.05) is 64.3 Å². The van der Waals surface area contributed by atoms with Crippen molar-refractivity contribution in [3.8, 4) is 0 Å². The van der Waals surface area contributed by atoms with E-state index in [9.17, 15) is 4.79 Å². The van der Waals surface area contributed by atoms with E-state index in [-0.39, 0.29) is 5.91 Å². The summed E-state index contributed by atoms with van der Waals surface area (Å²) in [6.07, 6.45) is 5.16. The van der Waals surface area contributed by atoms with Gasteiger partial charge in [0.1, 0.15) is 17.8 Å². The molecule has 0 spiro atoms. The highest BCUT2D eigenvalue weighted by Gasteiger charge is 2.24. The van der Waals surface area contributed by atoms with E-state index >= 15 is 0 Å². The lowest BCUT2D eigenvalue weighted by Gasteiger charge is -2.34. The maximum absolute atomic E-state index is 12.9. The quantitative estimate of drug-likeness (QED) is 0.785. The Morgan fingerprint density at radius 2 is 1.89 bits per heavy atom. The predicted octanol–water partition coefficient (Wildman–Crippen LogP) is 0.666. The molecular weight excluding hydrogens is 344 g/mol. The first-order chi connectivity index (χ1) is 13.3. The molecule has 8 nitrogen and oxygen atoms in total. The van der Waals surface area contributed by atoms with E-state index in [2.05, 4.69) is 30.8 Å². The highest BCUT2D eigenvalue weighted by Crippen LogP contribution is 2.15. The molecule has 0 N–H and O–H groups in total. The van der Waals surface area contributed by atoms with Crippen LogP contribution in [0.1, 0.15) is 16.1 Å². The Bertz CT molecular complexity index is 758. The van der Waals surface area contributed by atoms with E-state index in [1.54, 1.807) is 12.3 Å². The highest BCUT2D eigenvalue weighted by atomic mass is 16.5. The molecule has 2 saturated heterocycles. The maximum Gasteiger partial charge on any atom is 0.272 e. The van der Waals surface area contributed by atoms with Gasteiger partial charge in [-0.05, 0) is 11.6 Å². The zero-order valence-electron chi connectivity index (χ0n) is 15.3. The number of pyridine rings is 1. The van der Waals surface area contributed by atoms with Crippen LogP contribution in [0.15, 0.2) is 36.9 Å². The fourth-order valence-corrected chi connectivity index (χ4v) is 3.45. The fourth-order valence-electron chi connectivity index (χ4n) is 3.45. The van der Waals surface area contributed by atoms with Crippen LogP contribution in [0.25, 0.3) is 0 Å². The smallest absolute Gasteiger partial charge is 0.272 e. The summed E-state index contributed by atoms with van der Waals surface area (Å²) in [5.74, 6) is 0.778. The molecule has 0 atom stereocenters. The maximum atomic E-state index is 12.9. The normalized spacial score (nSPS) is 18.5. The zero-order valence-corrected chi connectivity index (χ0v) is 15.3. The minimum absolute atomic E-state index is 0.0204. The molecule has 4 rings (SSSR count). The molecular formula is C19H24N6O2. The molecule has 27 heavy (non-hydrogen) atoms. The lowest BCUT2D eigenvalue weighted by atomic mass is 10.2. The molecule has 142 valence electrons. The standard InChI is InChI=1S/C19H24N6O2/c26-19(17-12-18(22-15-21-17)24-8-10-27-11-9-24)25-6-4-23(5-7-25)14-16-2-1-3-20-13-16/h1-3,12-13,15H,4-11,14H2. The molecule has 0 unspecified atom stereocenters. The van der Waals surface area contributed by atoms with Gasteiger partial charge < -0.3 is 14.5 Å². The van der Waals surface area contributed by atoms with E-state index < -0.39 is 0 Å². The van der Waals surface area contributed by atoms with Crippen molar-refractivity contribution >= 4 is 11.7 Å². The topological polar surface area (TPSA) is 74.7 Å². The van der Waals surface area contributed by atoms with Crippen LogP contribution in [-0.4, -0.2) is 83.1 Å². The summed E-state index contributed by atoms with van der Waals surface area (Å²) in [6.45, 7) is 6.92. The third kappa shape index (κ3) is 4.40. The minimum atomic E-state index is -0.0204. The zero-order chi connectivity index (χ0) is 18.5. The second kappa shape index (κ2) is 8.41. The fraction of sp³-hybridized carbons (Fsp3) is 0.474. The van der Waals surface area contributed by atoms with Gasteiger partial charge in [0.05, 0.1) is 13.2 Å². The number of hydrogen-bond donors (Lipinski definition) is 0. The molecule has 1 amide bonds. The third-order valence-electron chi connectivity index (χ3n) is 5.00. The Morgan fingerprint density at radius 3 is 2.63 bits per heavy atom. The Balaban J connectivity index is 1.35. The molecule has 2 fully saturated rings. The van der Waals surface area contributed by atoms with Crippen molar-refractivity contribution in [1.29, 1.82) is 0 Å². The summed E-state index contributed by atoms with van der Waals surface area (Å²) >= 11 is 0. The number of carbonyl (C=O) groups excluding carboxylic acids is 1. The van der Waals surface area contributed by atoms with Gasteiger partial charge in [-0.1, -0.05) is 6.07 Å². The Labute approximate surface area is 158 Å². The molecule has 2 aromatic heterocycles. The van der Waals surface area contributed by atoms with Gasteiger partial charge in [-0.15, -0.1) is 0 Å². The van der Waals surface area contributed by atoms with Crippen LogP contribution < -0.4 is 4.90 Å². The van der Waals surface area contributed by atoms with Crippen molar-refractivity contribution in [3.05, 3.63) is 48.2 Å². The van der Waals surface area contributed by atoms with Gasteiger partial charge >= 0.3 is 0 Å². The van der Waals surface area contributed by atoms with E-state index in [0.29, 0.717) is 32.0 Å². The van der Waals surface area contributed by atoms with Crippen molar-refractivity contribution in [2.75, 3.05) is 57.4 Å². The van der Waals surface area contributed by atoms with Gasteiger partial charge in [-0.25, -0.2) is 9.97 Å². The molecule has 2 aliphatic rings. The van der Waals surface area contributed by atoms with Gasteiger partial charge in [-0.3, -0.25) is 14.7 Å². The monoisotopic (exact) mass is 368 g/mol. The SMILES string of the molecule is O=C(c1cc(N2CCOCC2)ncn1)N1CCN(Cc2cccnc2)CC1. The molecule has 0 saturated carbocycles. The van der Waals surface area contributed by atoms with E-state index in [0.717, 1.165) is 38.5 Å². The lowest BCUT2D eigenvalue weighted by molar-refractivity contribution is 0.0622. The summed E-state index contributed by atoms with van der Waals surface area (Å²) in [5, 5.41) is 0. The van der Waals surface area contributed by atoms with Crippen LogP contribution in [0.3, 0.4) is 0 Å². The summed E-state index contributed by atoms with van der Waals surface area (Å²) < 4.78 is 5.38. The van der Waals surface area contributed by atoms with E-state index in [4.69, 9.17) is 4.74 Å². The van der Waals surface area contributed by atoms with Gasteiger partial charge in [0.15, 0.2) is 0 Å². The van der Waals surface area contributed by atoms with E-state index in [1.165, 1.54) is 11.9 Å². The minimum Gasteiger partial charge on any atom is -0.378 e. The number of ether oxygens (including phenoxy) is 1. The third-order valence-corrected chi connectivity index (χ3v) is 5.00. The van der Waals surface area contributed by atoms with Gasteiger partial charge in [0.25, 0.3) is 5.91 Å². The number of piperazine rings is 1. The number of amides is 1. The number of anilines is 1. The first-order valence-corrected chi connectivity index (χ1v) is 9.35. The summed E-state index contributed by atoms with van der Waals surface area (Å²) in [4.78, 5) is 31.9. The molecule has 2 aromatic rings. The van der Waals surface area contributed by atoms with Crippen molar-refractivity contribution in [1.82, 2.24) is 24.8 Å². The second-order valence-electron chi connectivity index (χ2n) is 6.79. The average Bonchev–Trinajstić information content (AvgIpc) is 2.75. The molecule has 8 heteroatoms. The molecule has 2 aliphatic heterocycles. The molecule has 4 heterocycles. The molecule has 0 aliphatic carbocycles. The van der Waals surface area contributed by atoms with Crippen molar-refractivity contribution in [2.45, 2.75) is 6.54 Å². The molecule has 0 bridgehead atoms. The van der Waals surface area contributed by atoms with Crippen LogP contribution >= 0.6 is 0 Å². The number of aromatic nitrogens is 3. The van der Waals surface area contributed by atoms with Gasteiger partial charge in [0.2, 0.25) is 0 Å². The Kier molecular flexibility index (Phi) is 5.55. The van der Waals surface area contributed by atoms with Crippen molar-refractivity contribution in [2.24, 2.45) is 0 Å². The predicted molar refractivity (Wildman–Crippen MR) is 100 cm³/mol. The number of rotatable bonds is 4. The Morgan fingerprint density at radius 1 is 1.07 bits per heavy atom. The summed E-state index contributed by atoms with van der Waals surface area (Å²) in [7, 11) is 0. The highest BCUT2D eigenvalue weighted by molar-refractivity contribution is 5.93. The molecule has 0 radical (unpaired) electrons. The number of carbonyl (C=O) groups is 1. The first kappa shape index (κ1) is 17.8. The summed E-state index contributed by atoms with van der Waals surface area (Å²) in [5.41, 5.74) is 1.66. The largest absolute Gasteiger partial charge is 0.378 e.